The number of carbonyl (C=O) groups excluding carboxylic acids is 2. The summed E-state index contributed by atoms with van der Waals surface area (Å²) in [5.41, 5.74) is 0.813. The summed E-state index contributed by atoms with van der Waals surface area (Å²) in [7, 11) is 0. The molecule has 2 amide bonds. The lowest BCUT2D eigenvalue weighted by Crippen LogP contribution is -2.28. The molecule has 0 saturated carbocycles. The molecule has 0 aromatic heterocycles. The summed E-state index contributed by atoms with van der Waals surface area (Å²) in [4.78, 5) is 22.1. The first-order chi connectivity index (χ1) is 9.08. The SMILES string of the molecule is CC(=O)NCCCNC(=O)CCc1cccc(F)c1. The van der Waals surface area contributed by atoms with Crippen LogP contribution in [-0.2, 0) is 16.0 Å². The molecule has 5 heteroatoms. The van der Waals surface area contributed by atoms with Gasteiger partial charge in [0.1, 0.15) is 5.82 Å². The van der Waals surface area contributed by atoms with Crippen LogP contribution in [0.1, 0.15) is 25.3 Å². The number of benzene rings is 1. The van der Waals surface area contributed by atoms with E-state index in [2.05, 4.69) is 10.6 Å². The molecule has 4 nitrogen and oxygen atoms in total. The van der Waals surface area contributed by atoms with Crippen molar-refractivity contribution in [3.8, 4) is 0 Å². The smallest absolute Gasteiger partial charge is 0.220 e. The molecule has 1 aromatic carbocycles. The Bertz CT molecular complexity index is 435. The predicted molar refractivity (Wildman–Crippen MR) is 71.0 cm³/mol. The first-order valence-electron chi connectivity index (χ1n) is 6.33. The molecule has 104 valence electrons. The van der Waals surface area contributed by atoms with Crippen molar-refractivity contribution in [3.05, 3.63) is 35.6 Å². The fraction of sp³-hybridized carbons (Fsp3) is 0.429. The Morgan fingerprint density at radius 3 is 2.63 bits per heavy atom. The zero-order chi connectivity index (χ0) is 14.1. The van der Waals surface area contributed by atoms with Crippen molar-refractivity contribution >= 4 is 11.8 Å². The Morgan fingerprint density at radius 2 is 1.95 bits per heavy atom. The van der Waals surface area contributed by atoms with Crippen molar-refractivity contribution < 1.29 is 14.0 Å². The number of amides is 2. The van der Waals surface area contributed by atoms with Crippen LogP contribution in [0.2, 0.25) is 0 Å². The molecule has 1 rings (SSSR count). The Labute approximate surface area is 112 Å². The zero-order valence-corrected chi connectivity index (χ0v) is 11.0. The van der Waals surface area contributed by atoms with Crippen LogP contribution in [0.3, 0.4) is 0 Å². The van der Waals surface area contributed by atoms with Gasteiger partial charge in [0.15, 0.2) is 0 Å². The maximum absolute atomic E-state index is 12.9. The molecule has 2 N–H and O–H groups in total. The van der Waals surface area contributed by atoms with Crippen molar-refractivity contribution in [2.75, 3.05) is 13.1 Å². The van der Waals surface area contributed by atoms with Crippen molar-refractivity contribution in [2.45, 2.75) is 26.2 Å². The van der Waals surface area contributed by atoms with Gasteiger partial charge >= 0.3 is 0 Å². The molecular weight excluding hydrogens is 247 g/mol. The minimum absolute atomic E-state index is 0.0629. The molecule has 0 atom stereocenters. The number of hydrogen-bond donors (Lipinski definition) is 2. The second kappa shape index (κ2) is 8.24. The minimum Gasteiger partial charge on any atom is -0.356 e. The van der Waals surface area contributed by atoms with Crippen LogP contribution >= 0.6 is 0 Å². The number of aryl methyl sites for hydroxylation is 1. The lowest BCUT2D eigenvalue weighted by molar-refractivity contribution is -0.121. The maximum atomic E-state index is 12.9. The molecular formula is C14H19FN2O2. The van der Waals surface area contributed by atoms with E-state index in [0.29, 0.717) is 32.4 Å². The summed E-state index contributed by atoms with van der Waals surface area (Å²) < 4.78 is 12.9. The molecule has 0 bridgehead atoms. The highest BCUT2D eigenvalue weighted by Crippen LogP contribution is 2.05. The van der Waals surface area contributed by atoms with Crippen LogP contribution in [0, 0.1) is 5.82 Å². The van der Waals surface area contributed by atoms with Crippen molar-refractivity contribution in [3.63, 3.8) is 0 Å². The highest BCUT2D eigenvalue weighted by atomic mass is 19.1. The van der Waals surface area contributed by atoms with E-state index in [1.165, 1.54) is 19.1 Å². The van der Waals surface area contributed by atoms with Gasteiger partial charge in [0, 0.05) is 26.4 Å². The highest BCUT2D eigenvalue weighted by Gasteiger charge is 2.02. The lowest BCUT2D eigenvalue weighted by Gasteiger charge is -2.06. The molecule has 0 fully saturated rings. The Kier molecular flexibility index (Phi) is 6.57. The van der Waals surface area contributed by atoms with E-state index in [0.717, 1.165) is 5.56 Å². The maximum Gasteiger partial charge on any atom is 0.220 e. The summed E-state index contributed by atoms with van der Waals surface area (Å²) >= 11 is 0. The third kappa shape index (κ3) is 7.18. The van der Waals surface area contributed by atoms with E-state index < -0.39 is 0 Å². The van der Waals surface area contributed by atoms with E-state index in [-0.39, 0.29) is 17.6 Å². The lowest BCUT2D eigenvalue weighted by atomic mass is 10.1. The largest absolute Gasteiger partial charge is 0.356 e. The van der Waals surface area contributed by atoms with Gasteiger partial charge in [-0.25, -0.2) is 4.39 Å². The predicted octanol–water partition coefficient (Wildman–Crippen LogP) is 1.40. The second-order valence-corrected chi connectivity index (χ2v) is 4.32. The van der Waals surface area contributed by atoms with Crippen molar-refractivity contribution in [1.29, 1.82) is 0 Å². The van der Waals surface area contributed by atoms with Gasteiger partial charge in [-0.15, -0.1) is 0 Å². The summed E-state index contributed by atoms with van der Waals surface area (Å²) in [6, 6.07) is 6.25. The number of carbonyl (C=O) groups is 2. The summed E-state index contributed by atoms with van der Waals surface area (Å²) in [5.74, 6) is -0.419. The molecule has 0 radical (unpaired) electrons. The van der Waals surface area contributed by atoms with Gasteiger partial charge in [-0.3, -0.25) is 9.59 Å². The van der Waals surface area contributed by atoms with Crippen LogP contribution in [0.4, 0.5) is 4.39 Å². The minimum atomic E-state index is -0.284. The first kappa shape index (κ1) is 15.1. The van der Waals surface area contributed by atoms with Gasteiger partial charge in [0.05, 0.1) is 0 Å². The van der Waals surface area contributed by atoms with Crippen LogP contribution in [0.25, 0.3) is 0 Å². The average molecular weight is 266 g/mol. The molecule has 19 heavy (non-hydrogen) atoms. The fourth-order valence-electron chi connectivity index (χ4n) is 1.62. The summed E-state index contributed by atoms with van der Waals surface area (Å²) in [5, 5.41) is 5.41. The van der Waals surface area contributed by atoms with E-state index in [1.807, 2.05) is 0 Å². The van der Waals surface area contributed by atoms with E-state index >= 15 is 0 Å². The van der Waals surface area contributed by atoms with Gasteiger partial charge in [0.25, 0.3) is 0 Å². The van der Waals surface area contributed by atoms with Crippen molar-refractivity contribution in [1.82, 2.24) is 10.6 Å². The quantitative estimate of drug-likeness (QED) is 0.733. The molecule has 0 aliphatic heterocycles. The number of nitrogens with one attached hydrogen (secondary N) is 2. The second-order valence-electron chi connectivity index (χ2n) is 4.32. The van der Waals surface area contributed by atoms with Crippen molar-refractivity contribution in [2.24, 2.45) is 0 Å². The molecule has 0 aliphatic rings. The monoisotopic (exact) mass is 266 g/mol. The summed E-state index contributed by atoms with van der Waals surface area (Å²) in [6.45, 7) is 2.54. The number of halogens is 1. The molecule has 1 aromatic rings. The standard InChI is InChI=1S/C14H19FN2O2/c1-11(18)16-8-3-9-17-14(19)7-6-12-4-2-5-13(15)10-12/h2,4-5,10H,3,6-9H2,1H3,(H,16,18)(H,17,19). The normalized spacial score (nSPS) is 10.0. The van der Waals surface area contributed by atoms with Crippen LogP contribution in [0.15, 0.2) is 24.3 Å². The molecule has 0 heterocycles. The van der Waals surface area contributed by atoms with Gasteiger partial charge in [0.2, 0.25) is 11.8 Å². The highest BCUT2D eigenvalue weighted by molar-refractivity contribution is 5.76. The zero-order valence-electron chi connectivity index (χ0n) is 11.0. The van der Waals surface area contributed by atoms with E-state index in [1.54, 1.807) is 12.1 Å². The Morgan fingerprint density at radius 1 is 1.21 bits per heavy atom. The third-order valence-corrected chi connectivity index (χ3v) is 2.58. The van der Waals surface area contributed by atoms with Gasteiger partial charge < -0.3 is 10.6 Å². The molecule has 0 spiro atoms. The van der Waals surface area contributed by atoms with E-state index in [4.69, 9.17) is 0 Å². The first-order valence-corrected chi connectivity index (χ1v) is 6.33. The average Bonchev–Trinajstić information content (AvgIpc) is 2.35. The molecule has 0 saturated heterocycles. The summed E-state index contributed by atoms with van der Waals surface area (Å²) in [6.07, 6.45) is 1.56. The van der Waals surface area contributed by atoms with Crippen LogP contribution in [-0.4, -0.2) is 24.9 Å². The molecule has 0 aliphatic carbocycles. The Balaban J connectivity index is 2.13. The number of rotatable bonds is 7. The van der Waals surface area contributed by atoms with Gasteiger partial charge in [-0.1, -0.05) is 12.1 Å². The molecule has 0 unspecified atom stereocenters. The van der Waals surface area contributed by atoms with Crippen LogP contribution in [0.5, 0.6) is 0 Å². The fourth-order valence-corrected chi connectivity index (χ4v) is 1.62. The van der Waals surface area contributed by atoms with Gasteiger partial charge in [-0.2, -0.15) is 0 Å². The van der Waals surface area contributed by atoms with E-state index in [9.17, 15) is 14.0 Å². The number of hydrogen-bond acceptors (Lipinski definition) is 2. The van der Waals surface area contributed by atoms with Gasteiger partial charge in [-0.05, 0) is 30.5 Å². The van der Waals surface area contributed by atoms with Crippen LogP contribution < -0.4 is 10.6 Å². The topological polar surface area (TPSA) is 58.2 Å². The third-order valence-electron chi connectivity index (χ3n) is 2.58. The Hall–Kier alpha value is -1.91.